The van der Waals surface area contributed by atoms with E-state index < -0.39 is 5.95 Å². The maximum atomic E-state index is 13.0. The largest absolute Gasteiger partial charge is 0.384 e. The number of benzene rings is 1. The molecule has 0 aliphatic rings. The molecule has 1 N–H and O–H groups in total. The summed E-state index contributed by atoms with van der Waals surface area (Å²) in [6, 6.07) is 10.0. The Morgan fingerprint density at radius 2 is 2.15 bits per heavy atom. The predicted molar refractivity (Wildman–Crippen MR) is 74.2 cm³/mol. The zero-order valence-corrected chi connectivity index (χ0v) is 11.1. The van der Waals surface area contributed by atoms with Crippen LogP contribution in [0.25, 0.3) is 0 Å². The van der Waals surface area contributed by atoms with Gasteiger partial charge in [-0.1, -0.05) is 18.2 Å². The number of nitrogens with one attached hydrogen (secondary N) is 1. The number of anilines is 1. The van der Waals surface area contributed by atoms with Crippen molar-refractivity contribution in [3.05, 3.63) is 59.7 Å². The average Bonchev–Trinajstić information content (AvgIpc) is 2.46. The molecule has 2 rings (SSSR count). The number of nitrogens with zero attached hydrogens (tertiary/aromatic N) is 1. The fraction of sp³-hybridized carbons (Fsp3) is 0.200. The van der Waals surface area contributed by atoms with Crippen molar-refractivity contribution in [2.24, 2.45) is 0 Å². The highest BCUT2D eigenvalue weighted by Crippen LogP contribution is 2.17. The molecule has 1 amide bonds. The fourth-order valence-corrected chi connectivity index (χ4v) is 1.81. The normalized spacial score (nSPS) is 10.3. The number of hydrogen-bond donors (Lipinski definition) is 1. The first kappa shape index (κ1) is 14.1. The molecule has 20 heavy (non-hydrogen) atoms. The van der Waals surface area contributed by atoms with Crippen LogP contribution < -0.4 is 5.32 Å². The number of ether oxygens (including phenoxy) is 1. The van der Waals surface area contributed by atoms with Gasteiger partial charge in [-0.3, -0.25) is 4.79 Å². The van der Waals surface area contributed by atoms with Crippen molar-refractivity contribution in [2.75, 3.05) is 19.0 Å². The number of carbonyl (C=O) groups is 1. The summed E-state index contributed by atoms with van der Waals surface area (Å²) >= 11 is 0. The third-order valence-electron chi connectivity index (χ3n) is 2.83. The standard InChI is InChI=1S/C15H15FN2O2/c1-20-9-7-11-4-2-3-5-13(11)18-15(19)12-6-8-17-14(16)10-12/h2-6,8,10H,7,9H2,1H3,(H,18,19). The van der Waals surface area contributed by atoms with Gasteiger partial charge in [0.25, 0.3) is 5.91 Å². The van der Waals surface area contributed by atoms with E-state index in [9.17, 15) is 9.18 Å². The van der Waals surface area contributed by atoms with Crippen molar-refractivity contribution in [1.29, 1.82) is 0 Å². The third-order valence-corrected chi connectivity index (χ3v) is 2.83. The number of aromatic nitrogens is 1. The van der Waals surface area contributed by atoms with Crippen LogP contribution in [-0.2, 0) is 11.2 Å². The van der Waals surface area contributed by atoms with Gasteiger partial charge in [0.1, 0.15) is 0 Å². The van der Waals surface area contributed by atoms with E-state index in [1.165, 1.54) is 12.3 Å². The summed E-state index contributed by atoms with van der Waals surface area (Å²) in [5, 5.41) is 2.77. The second-order valence-electron chi connectivity index (χ2n) is 4.22. The van der Waals surface area contributed by atoms with Crippen LogP contribution in [0.5, 0.6) is 0 Å². The number of rotatable bonds is 5. The maximum absolute atomic E-state index is 13.0. The van der Waals surface area contributed by atoms with E-state index in [4.69, 9.17) is 4.74 Å². The number of amides is 1. The van der Waals surface area contributed by atoms with Crippen LogP contribution in [0.2, 0.25) is 0 Å². The van der Waals surface area contributed by atoms with Crippen LogP contribution in [0.1, 0.15) is 15.9 Å². The molecule has 0 saturated heterocycles. The van der Waals surface area contributed by atoms with Crippen LogP contribution in [0.3, 0.4) is 0 Å². The van der Waals surface area contributed by atoms with Crippen molar-refractivity contribution < 1.29 is 13.9 Å². The molecule has 0 aliphatic carbocycles. The number of pyridine rings is 1. The van der Waals surface area contributed by atoms with Gasteiger partial charge in [-0.15, -0.1) is 0 Å². The Hall–Kier alpha value is -2.27. The van der Waals surface area contributed by atoms with Crippen LogP contribution in [0, 0.1) is 5.95 Å². The van der Waals surface area contributed by atoms with Crippen molar-refractivity contribution in [1.82, 2.24) is 4.98 Å². The molecular formula is C15H15FN2O2. The lowest BCUT2D eigenvalue weighted by atomic mass is 10.1. The topological polar surface area (TPSA) is 51.2 Å². The Morgan fingerprint density at radius 1 is 1.35 bits per heavy atom. The van der Waals surface area contributed by atoms with Crippen LogP contribution >= 0.6 is 0 Å². The molecule has 0 spiro atoms. The lowest BCUT2D eigenvalue weighted by molar-refractivity contribution is 0.102. The Kier molecular flexibility index (Phi) is 4.79. The minimum atomic E-state index is -0.676. The highest BCUT2D eigenvalue weighted by atomic mass is 19.1. The molecule has 4 nitrogen and oxygen atoms in total. The van der Waals surface area contributed by atoms with Crippen molar-refractivity contribution >= 4 is 11.6 Å². The first-order valence-corrected chi connectivity index (χ1v) is 6.20. The van der Waals surface area contributed by atoms with Crippen molar-refractivity contribution in [3.63, 3.8) is 0 Å². The van der Waals surface area contributed by atoms with E-state index >= 15 is 0 Å². The number of methoxy groups -OCH3 is 1. The Bertz CT molecular complexity index is 602. The summed E-state index contributed by atoms with van der Waals surface area (Å²) in [6.45, 7) is 0.566. The average molecular weight is 274 g/mol. The van der Waals surface area contributed by atoms with Gasteiger partial charge in [0.05, 0.1) is 6.61 Å². The number of carbonyl (C=O) groups excluding carboxylic acids is 1. The van der Waals surface area contributed by atoms with Gasteiger partial charge in [0, 0.05) is 30.6 Å². The second-order valence-corrected chi connectivity index (χ2v) is 4.22. The Morgan fingerprint density at radius 3 is 2.90 bits per heavy atom. The lowest BCUT2D eigenvalue weighted by Crippen LogP contribution is -2.14. The summed E-state index contributed by atoms with van der Waals surface area (Å²) in [5.74, 6) is -1.04. The molecule has 0 bridgehead atoms. The van der Waals surface area contributed by atoms with Crippen molar-refractivity contribution in [3.8, 4) is 0 Å². The Labute approximate surface area is 116 Å². The first-order valence-electron chi connectivity index (χ1n) is 6.20. The monoisotopic (exact) mass is 274 g/mol. The quantitative estimate of drug-likeness (QED) is 0.853. The van der Waals surface area contributed by atoms with Gasteiger partial charge in [0.2, 0.25) is 5.95 Å². The number of hydrogen-bond acceptors (Lipinski definition) is 3. The van der Waals surface area contributed by atoms with Gasteiger partial charge < -0.3 is 10.1 Å². The number of halogens is 1. The summed E-state index contributed by atoms with van der Waals surface area (Å²) in [7, 11) is 1.63. The van der Waals surface area contributed by atoms with Gasteiger partial charge in [0.15, 0.2) is 0 Å². The fourth-order valence-electron chi connectivity index (χ4n) is 1.81. The lowest BCUT2D eigenvalue weighted by Gasteiger charge is -2.10. The van der Waals surface area contributed by atoms with Gasteiger partial charge in [-0.2, -0.15) is 4.39 Å². The predicted octanol–water partition coefficient (Wildman–Crippen LogP) is 2.66. The number of para-hydroxylation sites is 1. The minimum absolute atomic E-state index is 0.235. The molecular weight excluding hydrogens is 259 g/mol. The van der Waals surface area contributed by atoms with E-state index in [1.54, 1.807) is 13.2 Å². The molecule has 0 atom stereocenters. The molecule has 0 aliphatic heterocycles. The molecule has 0 unspecified atom stereocenters. The van der Waals surface area contributed by atoms with Crippen LogP contribution in [-0.4, -0.2) is 24.6 Å². The van der Waals surface area contributed by atoms with Crippen LogP contribution in [0.4, 0.5) is 10.1 Å². The maximum Gasteiger partial charge on any atom is 0.255 e. The first-order chi connectivity index (χ1) is 9.70. The molecule has 1 heterocycles. The zero-order valence-electron chi connectivity index (χ0n) is 11.1. The SMILES string of the molecule is COCCc1ccccc1NC(=O)c1ccnc(F)c1. The molecule has 0 saturated carbocycles. The molecule has 2 aromatic rings. The van der Waals surface area contributed by atoms with E-state index in [2.05, 4.69) is 10.3 Å². The Balaban J connectivity index is 2.15. The minimum Gasteiger partial charge on any atom is -0.384 e. The molecule has 1 aromatic heterocycles. The van der Waals surface area contributed by atoms with E-state index in [0.29, 0.717) is 18.7 Å². The van der Waals surface area contributed by atoms with Crippen molar-refractivity contribution in [2.45, 2.75) is 6.42 Å². The molecule has 0 radical (unpaired) electrons. The van der Waals surface area contributed by atoms with Gasteiger partial charge in [-0.05, 0) is 24.1 Å². The molecule has 104 valence electrons. The van der Waals surface area contributed by atoms with E-state index in [0.717, 1.165) is 11.6 Å². The third kappa shape index (κ3) is 3.61. The van der Waals surface area contributed by atoms with E-state index in [-0.39, 0.29) is 11.5 Å². The summed E-state index contributed by atoms with van der Waals surface area (Å²) < 4.78 is 18.0. The molecule has 0 fully saturated rings. The van der Waals surface area contributed by atoms with Gasteiger partial charge >= 0.3 is 0 Å². The van der Waals surface area contributed by atoms with Crippen LogP contribution in [0.15, 0.2) is 42.6 Å². The highest BCUT2D eigenvalue weighted by molar-refractivity contribution is 6.04. The van der Waals surface area contributed by atoms with Gasteiger partial charge in [-0.25, -0.2) is 4.98 Å². The van der Waals surface area contributed by atoms with E-state index in [1.807, 2.05) is 18.2 Å². The smallest absolute Gasteiger partial charge is 0.255 e. The zero-order chi connectivity index (χ0) is 14.4. The summed E-state index contributed by atoms with van der Waals surface area (Å²) in [6.07, 6.45) is 1.96. The molecule has 5 heteroatoms. The summed E-state index contributed by atoms with van der Waals surface area (Å²) in [4.78, 5) is 15.5. The summed E-state index contributed by atoms with van der Waals surface area (Å²) in [5.41, 5.74) is 1.91. The molecule has 1 aromatic carbocycles. The highest BCUT2D eigenvalue weighted by Gasteiger charge is 2.09. The second kappa shape index (κ2) is 6.77.